The highest BCUT2D eigenvalue weighted by Crippen LogP contribution is 2.20. The minimum Gasteiger partial charge on any atom is -0.393 e. The molecule has 2 aliphatic heterocycles. The van der Waals surface area contributed by atoms with Crippen LogP contribution < -0.4 is 0 Å². The Kier molecular flexibility index (Phi) is 3.14. The van der Waals surface area contributed by atoms with Gasteiger partial charge in [0.05, 0.1) is 12.0 Å². The van der Waals surface area contributed by atoms with Gasteiger partial charge in [0.1, 0.15) is 0 Å². The number of carbonyl (C=O) groups is 2. The minimum atomic E-state index is -0.267. The van der Waals surface area contributed by atoms with Crippen LogP contribution in [0.3, 0.4) is 0 Å². The zero-order valence-corrected chi connectivity index (χ0v) is 9.56. The highest BCUT2D eigenvalue weighted by atomic mass is 16.3. The Morgan fingerprint density at radius 3 is 2.50 bits per heavy atom. The number of hydrogen-bond acceptors (Lipinski definition) is 3. The van der Waals surface area contributed by atoms with Crippen molar-refractivity contribution in [3.63, 3.8) is 0 Å². The first kappa shape index (κ1) is 11.4. The molecule has 2 fully saturated rings. The largest absolute Gasteiger partial charge is 0.393 e. The van der Waals surface area contributed by atoms with E-state index in [1.807, 2.05) is 0 Å². The average molecular weight is 226 g/mol. The Hall–Kier alpha value is -1.10. The van der Waals surface area contributed by atoms with Crippen LogP contribution in [-0.4, -0.2) is 59.5 Å². The molecule has 0 bridgehead atoms. The molecule has 2 heterocycles. The second kappa shape index (κ2) is 4.41. The van der Waals surface area contributed by atoms with Crippen molar-refractivity contribution in [2.24, 2.45) is 5.92 Å². The zero-order chi connectivity index (χ0) is 11.7. The second-order valence-corrected chi connectivity index (χ2v) is 4.73. The number of aliphatic hydroxyl groups is 1. The van der Waals surface area contributed by atoms with Gasteiger partial charge < -0.3 is 14.9 Å². The number of nitrogens with zero attached hydrogens (tertiary/aromatic N) is 2. The van der Waals surface area contributed by atoms with Crippen molar-refractivity contribution in [1.29, 1.82) is 0 Å². The predicted molar refractivity (Wildman–Crippen MR) is 57.6 cm³/mol. The van der Waals surface area contributed by atoms with Gasteiger partial charge in [-0.25, -0.2) is 0 Å². The molecule has 2 amide bonds. The third-order valence-corrected chi connectivity index (χ3v) is 3.47. The highest BCUT2D eigenvalue weighted by Gasteiger charge is 2.35. The van der Waals surface area contributed by atoms with Crippen LogP contribution in [-0.2, 0) is 9.59 Å². The van der Waals surface area contributed by atoms with Crippen molar-refractivity contribution in [3.8, 4) is 0 Å². The topological polar surface area (TPSA) is 60.9 Å². The third-order valence-electron chi connectivity index (χ3n) is 3.47. The molecule has 1 atom stereocenters. The fraction of sp³-hybridized carbons (Fsp3) is 0.818. The summed E-state index contributed by atoms with van der Waals surface area (Å²) >= 11 is 0. The number of hydrogen-bond donors (Lipinski definition) is 1. The van der Waals surface area contributed by atoms with E-state index < -0.39 is 0 Å². The molecule has 1 unspecified atom stereocenters. The summed E-state index contributed by atoms with van der Waals surface area (Å²) in [6.45, 7) is 1.78. The van der Waals surface area contributed by atoms with Crippen LogP contribution in [0.25, 0.3) is 0 Å². The molecule has 1 N–H and O–H groups in total. The first-order chi connectivity index (χ1) is 7.58. The van der Waals surface area contributed by atoms with Crippen molar-refractivity contribution in [3.05, 3.63) is 0 Å². The van der Waals surface area contributed by atoms with Crippen LogP contribution in [0.1, 0.15) is 19.3 Å². The molecule has 0 spiro atoms. The van der Waals surface area contributed by atoms with E-state index in [2.05, 4.69) is 0 Å². The fourth-order valence-electron chi connectivity index (χ4n) is 2.37. The Labute approximate surface area is 95.0 Å². The lowest BCUT2D eigenvalue weighted by atomic mass is 10.0. The van der Waals surface area contributed by atoms with E-state index in [0.717, 1.165) is 0 Å². The van der Waals surface area contributed by atoms with Gasteiger partial charge in [-0.3, -0.25) is 9.59 Å². The number of piperidine rings is 1. The molecule has 0 radical (unpaired) electrons. The zero-order valence-electron chi connectivity index (χ0n) is 9.56. The van der Waals surface area contributed by atoms with Gasteiger partial charge in [-0.05, 0) is 12.8 Å². The maximum atomic E-state index is 12.1. The maximum Gasteiger partial charge on any atom is 0.227 e. The number of likely N-dealkylation sites (tertiary alicyclic amines) is 2. The van der Waals surface area contributed by atoms with Gasteiger partial charge in [0.15, 0.2) is 0 Å². The molecular formula is C11H18N2O3. The van der Waals surface area contributed by atoms with Gasteiger partial charge in [0.2, 0.25) is 11.8 Å². The van der Waals surface area contributed by atoms with Gasteiger partial charge in [-0.2, -0.15) is 0 Å². The van der Waals surface area contributed by atoms with E-state index in [-0.39, 0.29) is 23.8 Å². The van der Waals surface area contributed by atoms with Gasteiger partial charge in [-0.1, -0.05) is 0 Å². The summed E-state index contributed by atoms with van der Waals surface area (Å²) in [5.74, 6) is -0.0484. The molecule has 2 saturated heterocycles. The van der Waals surface area contributed by atoms with Crippen molar-refractivity contribution in [2.45, 2.75) is 25.4 Å². The number of aliphatic hydroxyl groups excluding tert-OH is 1. The van der Waals surface area contributed by atoms with E-state index in [9.17, 15) is 14.7 Å². The number of amides is 2. The van der Waals surface area contributed by atoms with E-state index in [1.165, 1.54) is 0 Å². The summed E-state index contributed by atoms with van der Waals surface area (Å²) in [6.07, 6.45) is 1.38. The Morgan fingerprint density at radius 1 is 1.38 bits per heavy atom. The van der Waals surface area contributed by atoms with Crippen molar-refractivity contribution >= 4 is 11.8 Å². The first-order valence-electron chi connectivity index (χ1n) is 5.78. The molecule has 2 rings (SSSR count). The van der Waals surface area contributed by atoms with Crippen LogP contribution >= 0.6 is 0 Å². The van der Waals surface area contributed by atoms with Crippen LogP contribution in [0.4, 0.5) is 0 Å². The smallest absolute Gasteiger partial charge is 0.227 e. The molecule has 5 heteroatoms. The van der Waals surface area contributed by atoms with Gasteiger partial charge >= 0.3 is 0 Å². The fourth-order valence-corrected chi connectivity index (χ4v) is 2.37. The summed E-state index contributed by atoms with van der Waals surface area (Å²) in [5, 5.41) is 9.36. The van der Waals surface area contributed by atoms with Crippen LogP contribution in [0.15, 0.2) is 0 Å². The quantitative estimate of drug-likeness (QED) is 0.652. The van der Waals surface area contributed by atoms with E-state index in [1.54, 1.807) is 16.8 Å². The molecule has 0 aromatic carbocycles. The maximum absolute atomic E-state index is 12.1. The van der Waals surface area contributed by atoms with Crippen molar-refractivity contribution < 1.29 is 14.7 Å². The molecule has 0 aromatic rings. The Bertz CT molecular complexity index is 298. The first-order valence-corrected chi connectivity index (χ1v) is 5.78. The summed E-state index contributed by atoms with van der Waals surface area (Å²) in [7, 11) is 1.73. The molecule has 2 aliphatic rings. The van der Waals surface area contributed by atoms with Gasteiger partial charge in [-0.15, -0.1) is 0 Å². The molecule has 0 aliphatic carbocycles. The summed E-state index contributed by atoms with van der Waals surface area (Å²) in [5.41, 5.74) is 0. The molecule has 16 heavy (non-hydrogen) atoms. The molecular weight excluding hydrogens is 208 g/mol. The lowest BCUT2D eigenvalue weighted by Gasteiger charge is -2.31. The van der Waals surface area contributed by atoms with E-state index >= 15 is 0 Å². The second-order valence-electron chi connectivity index (χ2n) is 4.73. The third kappa shape index (κ3) is 2.19. The van der Waals surface area contributed by atoms with Gasteiger partial charge in [0.25, 0.3) is 0 Å². The van der Waals surface area contributed by atoms with Crippen LogP contribution in [0, 0.1) is 5.92 Å². The van der Waals surface area contributed by atoms with E-state index in [4.69, 9.17) is 0 Å². The minimum absolute atomic E-state index is 0.0513. The molecule has 90 valence electrons. The summed E-state index contributed by atoms with van der Waals surface area (Å²) < 4.78 is 0. The molecule has 0 saturated carbocycles. The molecule has 5 nitrogen and oxygen atoms in total. The van der Waals surface area contributed by atoms with Crippen LogP contribution in [0.2, 0.25) is 0 Å². The Balaban J connectivity index is 1.91. The van der Waals surface area contributed by atoms with E-state index in [0.29, 0.717) is 38.9 Å². The number of carbonyl (C=O) groups excluding carboxylic acids is 2. The Morgan fingerprint density at radius 2 is 2.00 bits per heavy atom. The molecule has 0 aromatic heterocycles. The lowest BCUT2D eigenvalue weighted by molar-refractivity contribution is -0.137. The van der Waals surface area contributed by atoms with Crippen molar-refractivity contribution in [1.82, 2.24) is 9.80 Å². The number of rotatable bonds is 1. The highest BCUT2D eigenvalue weighted by molar-refractivity contribution is 5.89. The predicted octanol–water partition coefficient (Wildman–Crippen LogP) is -0.552. The van der Waals surface area contributed by atoms with Crippen LogP contribution in [0.5, 0.6) is 0 Å². The lowest BCUT2D eigenvalue weighted by Crippen LogP contribution is -2.43. The standard InChI is InChI=1S/C11H18N2O3/c1-12-7-8(6-10(12)15)11(16)13-4-2-9(14)3-5-13/h8-9,14H,2-7H2,1H3. The normalized spacial score (nSPS) is 27.6. The summed E-state index contributed by atoms with van der Waals surface area (Å²) in [6, 6.07) is 0. The van der Waals surface area contributed by atoms with Crippen molar-refractivity contribution in [2.75, 3.05) is 26.7 Å². The van der Waals surface area contributed by atoms with Gasteiger partial charge in [0, 0.05) is 33.1 Å². The summed E-state index contributed by atoms with van der Waals surface area (Å²) in [4.78, 5) is 26.8. The average Bonchev–Trinajstić information content (AvgIpc) is 2.59. The SMILES string of the molecule is CN1CC(C(=O)N2CCC(O)CC2)CC1=O. The monoisotopic (exact) mass is 226 g/mol.